The number of nitrogens with one attached hydrogen (secondary N) is 1. The lowest BCUT2D eigenvalue weighted by molar-refractivity contribution is 0.0697. The Balaban J connectivity index is 2.08. The number of benzene rings is 2. The molecule has 0 spiro atoms. The largest absolute Gasteiger partial charge is 0.478 e. The fourth-order valence-corrected chi connectivity index (χ4v) is 1.71. The Kier molecular flexibility index (Phi) is 4.18. The number of nitrogens with zero attached hydrogens (tertiary/aromatic N) is 1. The van der Waals surface area contributed by atoms with Crippen LogP contribution in [0.4, 0.5) is 20.6 Å². The highest BCUT2D eigenvalue weighted by molar-refractivity contribution is 6.01. The van der Waals surface area contributed by atoms with Gasteiger partial charge in [0.2, 0.25) is 0 Å². The van der Waals surface area contributed by atoms with E-state index in [1.165, 1.54) is 54.4 Å². The summed E-state index contributed by atoms with van der Waals surface area (Å²) in [4.78, 5) is 24.0. The lowest BCUT2D eigenvalue weighted by Crippen LogP contribution is -2.31. The molecule has 5 nitrogen and oxygen atoms in total. The Morgan fingerprint density at radius 1 is 1.14 bits per heavy atom. The van der Waals surface area contributed by atoms with Gasteiger partial charge in [-0.25, -0.2) is 14.0 Å². The molecule has 0 aliphatic rings. The van der Waals surface area contributed by atoms with E-state index < -0.39 is 17.8 Å². The topological polar surface area (TPSA) is 69.6 Å². The smallest absolute Gasteiger partial charge is 0.335 e. The number of anilines is 2. The summed E-state index contributed by atoms with van der Waals surface area (Å²) in [7, 11) is 1.51. The monoisotopic (exact) mass is 288 g/mol. The number of carboxylic acids is 1. The molecule has 0 radical (unpaired) electrons. The van der Waals surface area contributed by atoms with Gasteiger partial charge in [0, 0.05) is 18.4 Å². The van der Waals surface area contributed by atoms with Crippen LogP contribution in [0.1, 0.15) is 10.4 Å². The van der Waals surface area contributed by atoms with Crippen molar-refractivity contribution in [1.82, 2.24) is 0 Å². The number of urea groups is 1. The molecular weight excluding hydrogens is 275 g/mol. The molecule has 0 heterocycles. The van der Waals surface area contributed by atoms with Gasteiger partial charge in [0.1, 0.15) is 5.82 Å². The molecule has 0 atom stereocenters. The number of rotatable bonds is 3. The molecule has 0 saturated carbocycles. The van der Waals surface area contributed by atoms with Gasteiger partial charge in [-0.05, 0) is 42.5 Å². The third-order valence-corrected chi connectivity index (χ3v) is 2.88. The molecule has 2 aromatic rings. The molecule has 0 aliphatic heterocycles. The zero-order valence-electron chi connectivity index (χ0n) is 11.2. The minimum atomic E-state index is -1.04. The van der Waals surface area contributed by atoms with Crippen LogP contribution in [-0.4, -0.2) is 24.2 Å². The van der Waals surface area contributed by atoms with Gasteiger partial charge in [0.05, 0.1) is 5.56 Å². The zero-order chi connectivity index (χ0) is 15.4. The summed E-state index contributed by atoms with van der Waals surface area (Å²) in [5.74, 6) is -1.47. The summed E-state index contributed by atoms with van der Waals surface area (Å²) in [6.45, 7) is 0. The second-order valence-electron chi connectivity index (χ2n) is 4.35. The summed E-state index contributed by atoms with van der Waals surface area (Å²) in [5, 5.41) is 11.4. The van der Waals surface area contributed by atoms with Crippen molar-refractivity contribution in [3.63, 3.8) is 0 Å². The van der Waals surface area contributed by atoms with Crippen molar-refractivity contribution in [2.24, 2.45) is 0 Å². The molecule has 21 heavy (non-hydrogen) atoms. The summed E-state index contributed by atoms with van der Waals surface area (Å²) < 4.78 is 13.1. The number of aromatic carboxylic acids is 1. The van der Waals surface area contributed by atoms with Gasteiger partial charge in [0.25, 0.3) is 0 Å². The van der Waals surface area contributed by atoms with Crippen LogP contribution in [0.3, 0.4) is 0 Å². The minimum Gasteiger partial charge on any atom is -0.478 e. The number of carboxylic acid groups (broad SMARTS) is 1. The predicted octanol–water partition coefficient (Wildman–Crippen LogP) is 3.19. The maximum absolute atomic E-state index is 13.1. The van der Waals surface area contributed by atoms with E-state index in [4.69, 9.17) is 5.11 Å². The fraction of sp³-hybridized carbons (Fsp3) is 0.0667. The van der Waals surface area contributed by atoms with Crippen molar-refractivity contribution in [1.29, 1.82) is 0 Å². The third-order valence-electron chi connectivity index (χ3n) is 2.88. The van der Waals surface area contributed by atoms with Gasteiger partial charge < -0.3 is 10.4 Å². The van der Waals surface area contributed by atoms with Crippen LogP contribution >= 0.6 is 0 Å². The van der Waals surface area contributed by atoms with Crippen LogP contribution < -0.4 is 10.2 Å². The van der Waals surface area contributed by atoms with Gasteiger partial charge >= 0.3 is 12.0 Å². The van der Waals surface area contributed by atoms with E-state index in [1.807, 2.05) is 0 Å². The van der Waals surface area contributed by atoms with Crippen molar-refractivity contribution >= 4 is 23.4 Å². The first-order valence-electron chi connectivity index (χ1n) is 6.11. The van der Waals surface area contributed by atoms with Crippen LogP contribution in [0.25, 0.3) is 0 Å². The molecule has 0 saturated heterocycles. The van der Waals surface area contributed by atoms with E-state index in [0.717, 1.165) is 0 Å². The van der Waals surface area contributed by atoms with Crippen LogP contribution in [-0.2, 0) is 0 Å². The van der Waals surface area contributed by atoms with Gasteiger partial charge in [-0.3, -0.25) is 4.90 Å². The van der Waals surface area contributed by atoms with Gasteiger partial charge in [-0.2, -0.15) is 0 Å². The standard InChI is InChI=1S/C15H13FN2O3/c1-18(13-4-2-3-11(16)9-13)15(21)17-12-7-5-10(6-8-12)14(19)20/h2-9H,1H3,(H,17,21)(H,19,20). The number of hydrogen-bond acceptors (Lipinski definition) is 2. The van der Waals surface area contributed by atoms with Gasteiger partial charge in [-0.15, -0.1) is 0 Å². The molecular formula is C15H13FN2O3. The molecule has 2 rings (SSSR count). The Morgan fingerprint density at radius 3 is 2.38 bits per heavy atom. The lowest BCUT2D eigenvalue weighted by atomic mass is 10.2. The highest BCUT2D eigenvalue weighted by Gasteiger charge is 2.12. The Bertz CT molecular complexity index is 671. The molecule has 0 aliphatic carbocycles. The van der Waals surface area contributed by atoms with Crippen molar-refractivity contribution in [3.05, 3.63) is 59.9 Å². The lowest BCUT2D eigenvalue weighted by Gasteiger charge is -2.18. The fourth-order valence-electron chi connectivity index (χ4n) is 1.71. The van der Waals surface area contributed by atoms with Crippen molar-refractivity contribution in [2.45, 2.75) is 0 Å². The molecule has 0 unspecified atom stereocenters. The number of carbonyl (C=O) groups is 2. The molecule has 108 valence electrons. The molecule has 0 aromatic heterocycles. The molecule has 2 N–H and O–H groups in total. The zero-order valence-corrected chi connectivity index (χ0v) is 11.2. The second-order valence-corrected chi connectivity index (χ2v) is 4.35. The normalized spacial score (nSPS) is 10.0. The third kappa shape index (κ3) is 3.56. The maximum atomic E-state index is 13.1. The van der Waals surface area contributed by atoms with Crippen LogP contribution in [0, 0.1) is 5.82 Å². The number of carbonyl (C=O) groups excluding carboxylic acids is 1. The Labute approximate surface area is 120 Å². The Morgan fingerprint density at radius 2 is 1.81 bits per heavy atom. The highest BCUT2D eigenvalue weighted by Crippen LogP contribution is 2.16. The summed E-state index contributed by atoms with van der Waals surface area (Å²) >= 11 is 0. The average molecular weight is 288 g/mol. The molecule has 2 aromatic carbocycles. The highest BCUT2D eigenvalue weighted by atomic mass is 19.1. The Hall–Kier alpha value is -2.89. The van der Waals surface area contributed by atoms with Crippen molar-refractivity contribution in [2.75, 3.05) is 17.3 Å². The van der Waals surface area contributed by atoms with E-state index in [1.54, 1.807) is 6.07 Å². The summed E-state index contributed by atoms with van der Waals surface area (Å²) in [5.41, 5.74) is 0.995. The number of hydrogen-bond donors (Lipinski definition) is 2. The quantitative estimate of drug-likeness (QED) is 0.911. The summed E-state index contributed by atoms with van der Waals surface area (Å²) in [6, 6.07) is 10.9. The SMILES string of the molecule is CN(C(=O)Nc1ccc(C(=O)O)cc1)c1cccc(F)c1. The van der Waals surface area contributed by atoms with E-state index in [9.17, 15) is 14.0 Å². The molecule has 2 amide bonds. The first kappa shape index (κ1) is 14.5. The molecule has 0 bridgehead atoms. The average Bonchev–Trinajstić information content (AvgIpc) is 2.47. The van der Waals surface area contributed by atoms with Gasteiger partial charge in [-0.1, -0.05) is 6.07 Å². The van der Waals surface area contributed by atoms with E-state index in [0.29, 0.717) is 11.4 Å². The maximum Gasteiger partial charge on any atom is 0.335 e. The number of amides is 2. The van der Waals surface area contributed by atoms with Crippen LogP contribution in [0.2, 0.25) is 0 Å². The van der Waals surface area contributed by atoms with E-state index >= 15 is 0 Å². The van der Waals surface area contributed by atoms with E-state index in [-0.39, 0.29) is 5.56 Å². The van der Waals surface area contributed by atoms with Crippen LogP contribution in [0.15, 0.2) is 48.5 Å². The van der Waals surface area contributed by atoms with Gasteiger partial charge in [0.15, 0.2) is 0 Å². The van der Waals surface area contributed by atoms with Crippen LogP contribution in [0.5, 0.6) is 0 Å². The second kappa shape index (κ2) is 6.04. The minimum absolute atomic E-state index is 0.131. The predicted molar refractivity (Wildman–Crippen MR) is 77.2 cm³/mol. The molecule has 6 heteroatoms. The first-order valence-corrected chi connectivity index (χ1v) is 6.11. The first-order chi connectivity index (χ1) is 9.97. The molecule has 0 fully saturated rings. The number of halogens is 1. The summed E-state index contributed by atoms with van der Waals surface area (Å²) in [6.07, 6.45) is 0. The van der Waals surface area contributed by atoms with Crippen molar-refractivity contribution < 1.29 is 19.1 Å². The van der Waals surface area contributed by atoms with E-state index in [2.05, 4.69) is 5.32 Å². The van der Waals surface area contributed by atoms with Crippen molar-refractivity contribution in [3.8, 4) is 0 Å².